The number of nitrogens with one attached hydrogen (secondary N) is 2. The lowest BCUT2D eigenvalue weighted by Crippen LogP contribution is -3.14. The van der Waals surface area contributed by atoms with Crippen LogP contribution in [0.3, 0.4) is 0 Å². The Bertz CT molecular complexity index is 1410. The molecular formula is C28H31N6OS+. The number of benzene rings is 3. The number of rotatable bonds is 5. The lowest BCUT2D eigenvalue weighted by atomic mass is 10.1. The number of fused-ring (bicyclic) bond motifs is 1. The van der Waals surface area contributed by atoms with Gasteiger partial charge in [-0.2, -0.15) is 0 Å². The van der Waals surface area contributed by atoms with Crippen LogP contribution in [0.5, 0.6) is 5.88 Å². The zero-order valence-electron chi connectivity index (χ0n) is 20.6. The normalized spacial score (nSPS) is 14.6. The van der Waals surface area contributed by atoms with E-state index in [2.05, 4.69) is 57.7 Å². The standard InChI is InChI=1S/C28H30N6OS/c1-20-9-8-13-24(21(20)2)29-28(36)31-30-26-23-12-6-7-14-25(23)34(27(26)35)19-32-15-17-33(18-16-32)22-10-4-3-5-11-22/h3-14,35H,15-19H2,1-2H3,(H,29,36)/p+1. The Balaban J connectivity index is 1.32. The Morgan fingerprint density at radius 1 is 0.972 bits per heavy atom. The molecule has 8 heteroatoms. The van der Waals surface area contributed by atoms with Crippen molar-refractivity contribution < 1.29 is 10.0 Å². The molecule has 7 nitrogen and oxygen atoms in total. The first-order valence-corrected chi connectivity index (χ1v) is 12.6. The van der Waals surface area contributed by atoms with E-state index in [1.807, 2.05) is 54.0 Å². The smallest absolute Gasteiger partial charge is 0.225 e. The van der Waals surface area contributed by atoms with Crippen molar-refractivity contribution in [1.82, 2.24) is 4.57 Å². The van der Waals surface area contributed by atoms with Gasteiger partial charge in [0, 0.05) is 16.8 Å². The molecule has 0 unspecified atom stereocenters. The SMILES string of the molecule is Cc1cccc(NC(=S)N=Nc2c(O)n(C[NH+]3CCN(c4ccccc4)CC3)c3ccccc23)c1C. The number of aromatic nitrogens is 1. The largest absolute Gasteiger partial charge is 0.493 e. The van der Waals surface area contributed by atoms with Crippen molar-refractivity contribution in [1.29, 1.82) is 0 Å². The summed E-state index contributed by atoms with van der Waals surface area (Å²) in [5.41, 5.74) is 5.84. The number of thiocarbonyl (C=S) groups is 1. The van der Waals surface area contributed by atoms with Crippen LogP contribution in [0.1, 0.15) is 11.1 Å². The summed E-state index contributed by atoms with van der Waals surface area (Å²) in [6, 6.07) is 24.4. The summed E-state index contributed by atoms with van der Waals surface area (Å²) in [5.74, 6) is 0.118. The number of azo groups is 1. The molecule has 0 saturated carbocycles. The number of para-hydroxylation sites is 2. The summed E-state index contributed by atoms with van der Waals surface area (Å²) in [4.78, 5) is 3.83. The molecule has 1 aliphatic rings. The maximum Gasteiger partial charge on any atom is 0.225 e. The Hall–Kier alpha value is -3.75. The van der Waals surface area contributed by atoms with Crippen LogP contribution in [-0.4, -0.2) is 41.0 Å². The highest BCUT2D eigenvalue weighted by Gasteiger charge is 2.24. The third kappa shape index (κ3) is 4.96. The quantitative estimate of drug-likeness (QED) is 0.272. The molecule has 2 heterocycles. The number of aryl methyl sites for hydroxylation is 1. The van der Waals surface area contributed by atoms with E-state index in [1.54, 1.807) is 0 Å². The molecule has 1 saturated heterocycles. The van der Waals surface area contributed by atoms with E-state index in [1.165, 1.54) is 16.2 Å². The third-order valence-electron chi connectivity index (χ3n) is 6.98. The summed E-state index contributed by atoms with van der Waals surface area (Å²) in [5, 5.41) is 24.1. The van der Waals surface area contributed by atoms with Gasteiger partial charge in [-0.15, -0.1) is 10.2 Å². The van der Waals surface area contributed by atoms with E-state index < -0.39 is 0 Å². The molecule has 0 bridgehead atoms. The number of anilines is 2. The minimum Gasteiger partial charge on any atom is -0.493 e. The molecule has 4 aromatic rings. The fourth-order valence-corrected chi connectivity index (χ4v) is 4.90. The van der Waals surface area contributed by atoms with E-state index in [0.29, 0.717) is 12.4 Å². The molecule has 0 spiro atoms. The van der Waals surface area contributed by atoms with E-state index in [0.717, 1.165) is 48.3 Å². The summed E-state index contributed by atoms with van der Waals surface area (Å²) >= 11 is 5.42. The van der Waals surface area contributed by atoms with Crippen molar-refractivity contribution in [3.63, 3.8) is 0 Å². The summed E-state index contributed by atoms with van der Waals surface area (Å²) in [6.07, 6.45) is 0. The first kappa shape index (κ1) is 24.0. The average Bonchev–Trinajstić information content (AvgIpc) is 3.17. The maximum absolute atomic E-state index is 11.2. The lowest BCUT2D eigenvalue weighted by molar-refractivity contribution is -0.923. The van der Waals surface area contributed by atoms with Gasteiger partial charge in [0.1, 0.15) is 0 Å². The lowest BCUT2D eigenvalue weighted by Gasteiger charge is -2.33. The van der Waals surface area contributed by atoms with E-state index in [4.69, 9.17) is 12.2 Å². The second kappa shape index (κ2) is 10.5. The average molecular weight is 500 g/mol. The predicted octanol–water partition coefficient (Wildman–Crippen LogP) is 4.81. The van der Waals surface area contributed by atoms with Crippen LogP contribution in [0, 0.1) is 13.8 Å². The summed E-state index contributed by atoms with van der Waals surface area (Å²) in [7, 11) is 0. The molecule has 184 valence electrons. The van der Waals surface area contributed by atoms with Crippen molar-refractivity contribution in [2.24, 2.45) is 10.2 Å². The molecule has 1 aliphatic heterocycles. The first-order chi connectivity index (χ1) is 17.5. The fourth-order valence-electron chi connectivity index (χ4n) is 4.75. The zero-order chi connectivity index (χ0) is 25.1. The topological polar surface area (TPSA) is 69.6 Å². The van der Waals surface area contributed by atoms with E-state index in [9.17, 15) is 5.11 Å². The third-order valence-corrected chi connectivity index (χ3v) is 7.16. The van der Waals surface area contributed by atoms with Crippen LogP contribution in [0.15, 0.2) is 83.0 Å². The maximum atomic E-state index is 11.2. The second-order valence-electron chi connectivity index (χ2n) is 9.23. The van der Waals surface area contributed by atoms with Gasteiger partial charge in [-0.1, -0.05) is 48.5 Å². The van der Waals surface area contributed by atoms with Crippen LogP contribution in [0.25, 0.3) is 10.9 Å². The van der Waals surface area contributed by atoms with Crippen molar-refractivity contribution in [2.75, 3.05) is 36.4 Å². The van der Waals surface area contributed by atoms with Gasteiger partial charge >= 0.3 is 0 Å². The summed E-state index contributed by atoms with van der Waals surface area (Å²) in [6.45, 7) is 8.69. The molecule has 1 aromatic heterocycles. The van der Waals surface area contributed by atoms with Crippen LogP contribution in [0.4, 0.5) is 17.1 Å². The molecule has 0 atom stereocenters. The van der Waals surface area contributed by atoms with Gasteiger partial charge in [-0.3, -0.25) is 4.57 Å². The molecule has 1 fully saturated rings. The zero-order valence-corrected chi connectivity index (χ0v) is 21.4. The molecule has 5 rings (SSSR count). The minimum absolute atomic E-state index is 0.118. The van der Waals surface area contributed by atoms with Gasteiger partial charge in [0.15, 0.2) is 12.4 Å². The molecular weight excluding hydrogens is 468 g/mol. The van der Waals surface area contributed by atoms with Gasteiger partial charge in [-0.25, -0.2) is 0 Å². The number of aromatic hydroxyl groups is 1. The predicted molar refractivity (Wildman–Crippen MR) is 150 cm³/mol. The Labute approximate surface area is 216 Å². The first-order valence-electron chi connectivity index (χ1n) is 12.2. The van der Waals surface area contributed by atoms with Gasteiger partial charge < -0.3 is 20.2 Å². The van der Waals surface area contributed by atoms with Gasteiger partial charge in [0.2, 0.25) is 11.0 Å². The highest BCUT2D eigenvalue weighted by Crippen LogP contribution is 2.38. The molecule has 3 aromatic carbocycles. The van der Waals surface area contributed by atoms with Crippen LogP contribution in [0.2, 0.25) is 0 Å². The minimum atomic E-state index is 0.118. The highest BCUT2D eigenvalue weighted by atomic mass is 32.1. The van der Waals surface area contributed by atoms with E-state index in [-0.39, 0.29) is 11.0 Å². The molecule has 0 amide bonds. The number of hydrogen-bond donors (Lipinski definition) is 3. The second-order valence-corrected chi connectivity index (χ2v) is 9.61. The van der Waals surface area contributed by atoms with Crippen molar-refractivity contribution in [2.45, 2.75) is 20.5 Å². The highest BCUT2D eigenvalue weighted by molar-refractivity contribution is 7.80. The summed E-state index contributed by atoms with van der Waals surface area (Å²) < 4.78 is 1.94. The fraction of sp³-hybridized carbons (Fsp3) is 0.250. The molecule has 3 N–H and O–H groups in total. The molecule has 0 radical (unpaired) electrons. The Kier molecular flexibility index (Phi) is 6.97. The number of quaternary nitrogens is 1. The number of nitrogens with zero attached hydrogens (tertiary/aromatic N) is 4. The van der Waals surface area contributed by atoms with Gasteiger partial charge in [0.05, 0.1) is 31.7 Å². The van der Waals surface area contributed by atoms with Crippen LogP contribution >= 0.6 is 12.2 Å². The van der Waals surface area contributed by atoms with Crippen LogP contribution < -0.4 is 15.1 Å². The molecule has 0 aliphatic carbocycles. The van der Waals surface area contributed by atoms with Crippen molar-refractivity contribution in [3.05, 3.63) is 83.9 Å². The Morgan fingerprint density at radius 3 is 2.47 bits per heavy atom. The molecule has 36 heavy (non-hydrogen) atoms. The van der Waals surface area contributed by atoms with Gasteiger partial charge in [-0.05, 0) is 61.5 Å². The van der Waals surface area contributed by atoms with Crippen LogP contribution in [-0.2, 0) is 6.67 Å². The number of piperazine rings is 1. The number of hydrogen-bond acceptors (Lipinski definition) is 4. The van der Waals surface area contributed by atoms with Gasteiger partial charge in [0.25, 0.3) is 0 Å². The monoisotopic (exact) mass is 499 g/mol. The Morgan fingerprint density at radius 2 is 1.69 bits per heavy atom. The van der Waals surface area contributed by atoms with Crippen molar-refractivity contribution in [3.8, 4) is 5.88 Å². The van der Waals surface area contributed by atoms with E-state index >= 15 is 0 Å². The van der Waals surface area contributed by atoms with Crippen molar-refractivity contribution >= 4 is 45.3 Å².